The van der Waals surface area contributed by atoms with Crippen molar-refractivity contribution in [2.75, 3.05) is 0 Å². The van der Waals surface area contributed by atoms with Gasteiger partial charge >= 0.3 is 0 Å². The predicted molar refractivity (Wildman–Crippen MR) is 35.1 cm³/mol. The van der Waals surface area contributed by atoms with Crippen LogP contribution in [0.4, 0.5) is 4.39 Å². The average molecular weight is 156 g/mol. The normalized spacial score (nSPS) is 9.55. The molecule has 0 atom stereocenters. The monoisotopic (exact) mass is 156 g/mol. The van der Waals surface area contributed by atoms with Crippen LogP contribution < -0.4 is 0 Å². The summed E-state index contributed by atoms with van der Waals surface area (Å²) in [6.07, 6.45) is 0.402. The lowest BCUT2D eigenvalue weighted by Crippen LogP contribution is -1.83. The predicted octanol–water partition coefficient (Wildman–Crippen LogP) is 1.05. The Morgan fingerprint density at radius 1 is 1.27 bits per heavy atom. The number of phenolic OH excluding ortho intramolecular Hbond substituents is 2. The number of benzene rings is 1. The van der Waals surface area contributed by atoms with Gasteiger partial charge < -0.3 is 10.2 Å². The van der Waals surface area contributed by atoms with E-state index in [1.807, 2.05) is 0 Å². The van der Waals surface area contributed by atoms with Gasteiger partial charge in [0.2, 0.25) is 5.82 Å². The molecule has 0 aliphatic rings. The van der Waals surface area contributed by atoms with E-state index in [0.29, 0.717) is 6.29 Å². The first-order valence-corrected chi connectivity index (χ1v) is 2.82. The molecule has 2 N–H and O–H groups in total. The SMILES string of the molecule is O=Cc1cc(O)c(F)c(O)c1. The molecule has 0 radical (unpaired) electrons. The van der Waals surface area contributed by atoms with E-state index >= 15 is 0 Å². The lowest BCUT2D eigenvalue weighted by Gasteiger charge is -1.98. The summed E-state index contributed by atoms with van der Waals surface area (Å²) >= 11 is 0. The molecule has 58 valence electrons. The van der Waals surface area contributed by atoms with Gasteiger partial charge in [-0.05, 0) is 12.1 Å². The van der Waals surface area contributed by atoms with Crippen LogP contribution in [-0.4, -0.2) is 16.5 Å². The van der Waals surface area contributed by atoms with E-state index < -0.39 is 17.3 Å². The molecule has 1 aromatic carbocycles. The number of aldehydes is 1. The van der Waals surface area contributed by atoms with E-state index in [4.69, 9.17) is 10.2 Å². The molecule has 1 aromatic rings. The van der Waals surface area contributed by atoms with Crippen LogP contribution in [0.15, 0.2) is 12.1 Å². The van der Waals surface area contributed by atoms with Crippen molar-refractivity contribution >= 4 is 6.29 Å². The Labute approximate surface area is 61.7 Å². The molecule has 0 aromatic heterocycles. The summed E-state index contributed by atoms with van der Waals surface area (Å²) in [5.41, 5.74) is 0.0291. The zero-order chi connectivity index (χ0) is 8.43. The number of halogens is 1. The van der Waals surface area contributed by atoms with Crippen LogP contribution in [0, 0.1) is 5.82 Å². The van der Waals surface area contributed by atoms with Crippen molar-refractivity contribution in [1.29, 1.82) is 0 Å². The molecule has 0 saturated heterocycles. The molecule has 0 unspecified atom stereocenters. The van der Waals surface area contributed by atoms with Gasteiger partial charge in [0.1, 0.15) is 6.29 Å². The molecule has 0 spiro atoms. The second kappa shape index (κ2) is 2.57. The van der Waals surface area contributed by atoms with Gasteiger partial charge in [-0.15, -0.1) is 0 Å². The molecule has 0 fully saturated rings. The van der Waals surface area contributed by atoms with Crippen molar-refractivity contribution in [3.05, 3.63) is 23.5 Å². The Kier molecular flexibility index (Phi) is 1.76. The molecule has 0 heterocycles. The number of hydrogen-bond acceptors (Lipinski definition) is 3. The van der Waals surface area contributed by atoms with E-state index in [2.05, 4.69) is 0 Å². The second-order valence-corrected chi connectivity index (χ2v) is 1.99. The smallest absolute Gasteiger partial charge is 0.206 e. The fraction of sp³-hybridized carbons (Fsp3) is 0. The zero-order valence-corrected chi connectivity index (χ0v) is 5.41. The van der Waals surface area contributed by atoms with E-state index in [0.717, 1.165) is 12.1 Å². The lowest BCUT2D eigenvalue weighted by molar-refractivity contribution is 0.112. The molecule has 11 heavy (non-hydrogen) atoms. The molecular formula is C7H5FO3. The Morgan fingerprint density at radius 3 is 2.09 bits per heavy atom. The first kappa shape index (κ1) is 7.53. The number of carbonyl (C=O) groups is 1. The largest absolute Gasteiger partial charge is 0.505 e. The maximum Gasteiger partial charge on any atom is 0.206 e. The highest BCUT2D eigenvalue weighted by Crippen LogP contribution is 2.25. The van der Waals surface area contributed by atoms with Crippen molar-refractivity contribution in [2.24, 2.45) is 0 Å². The Hall–Kier alpha value is -1.58. The third-order valence-electron chi connectivity index (χ3n) is 1.19. The zero-order valence-electron chi connectivity index (χ0n) is 5.41. The van der Waals surface area contributed by atoms with E-state index in [-0.39, 0.29) is 5.56 Å². The molecule has 1 rings (SSSR count). The third kappa shape index (κ3) is 1.29. The highest BCUT2D eigenvalue weighted by molar-refractivity contribution is 5.76. The molecule has 0 saturated carbocycles. The molecule has 4 heteroatoms. The lowest BCUT2D eigenvalue weighted by atomic mass is 10.2. The minimum Gasteiger partial charge on any atom is -0.505 e. The highest BCUT2D eigenvalue weighted by atomic mass is 19.1. The van der Waals surface area contributed by atoms with Crippen LogP contribution in [0.5, 0.6) is 11.5 Å². The van der Waals surface area contributed by atoms with Gasteiger partial charge in [0, 0.05) is 5.56 Å². The Morgan fingerprint density at radius 2 is 1.73 bits per heavy atom. The van der Waals surface area contributed by atoms with Gasteiger partial charge in [-0.3, -0.25) is 4.79 Å². The van der Waals surface area contributed by atoms with Crippen molar-refractivity contribution in [1.82, 2.24) is 0 Å². The Balaban J connectivity index is 3.31. The topological polar surface area (TPSA) is 57.5 Å². The van der Waals surface area contributed by atoms with Gasteiger partial charge in [0.25, 0.3) is 0 Å². The quantitative estimate of drug-likeness (QED) is 0.597. The van der Waals surface area contributed by atoms with Crippen molar-refractivity contribution < 1.29 is 19.4 Å². The Bertz CT molecular complexity index is 273. The first-order chi connectivity index (χ1) is 5.15. The fourth-order valence-electron chi connectivity index (χ4n) is 0.683. The van der Waals surface area contributed by atoms with Crippen LogP contribution in [0.1, 0.15) is 10.4 Å². The van der Waals surface area contributed by atoms with Gasteiger partial charge in [0.05, 0.1) is 0 Å². The molecule has 0 bridgehead atoms. The van der Waals surface area contributed by atoms with Gasteiger partial charge in [0.15, 0.2) is 11.5 Å². The third-order valence-corrected chi connectivity index (χ3v) is 1.19. The van der Waals surface area contributed by atoms with Crippen LogP contribution in [-0.2, 0) is 0 Å². The second-order valence-electron chi connectivity index (χ2n) is 1.99. The summed E-state index contributed by atoms with van der Waals surface area (Å²) in [7, 11) is 0. The standard InChI is InChI=1S/C7H5FO3/c8-7-5(10)1-4(3-9)2-6(7)11/h1-3,10-11H. The maximum atomic E-state index is 12.4. The van der Waals surface area contributed by atoms with Gasteiger partial charge in [-0.2, -0.15) is 4.39 Å². The maximum absolute atomic E-state index is 12.4. The molecule has 0 aliphatic carbocycles. The van der Waals surface area contributed by atoms with Gasteiger partial charge in [-0.25, -0.2) is 0 Å². The summed E-state index contributed by atoms with van der Waals surface area (Å²) in [5.74, 6) is -2.57. The van der Waals surface area contributed by atoms with E-state index in [1.54, 1.807) is 0 Å². The van der Waals surface area contributed by atoms with Crippen LogP contribution in [0.25, 0.3) is 0 Å². The first-order valence-electron chi connectivity index (χ1n) is 2.82. The molecular weight excluding hydrogens is 151 g/mol. The van der Waals surface area contributed by atoms with Crippen molar-refractivity contribution in [2.45, 2.75) is 0 Å². The number of phenols is 2. The minimum atomic E-state index is -1.12. The number of hydrogen-bond donors (Lipinski definition) is 2. The summed E-state index contributed by atoms with van der Waals surface area (Å²) in [5, 5.41) is 17.4. The van der Waals surface area contributed by atoms with Crippen molar-refractivity contribution in [3.8, 4) is 11.5 Å². The van der Waals surface area contributed by atoms with Gasteiger partial charge in [-0.1, -0.05) is 0 Å². The highest BCUT2D eigenvalue weighted by Gasteiger charge is 2.07. The summed E-state index contributed by atoms with van der Waals surface area (Å²) < 4.78 is 12.4. The summed E-state index contributed by atoms with van der Waals surface area (Å²) in [6.45, 7) is 0. The number of rotatable bonds is 1. The number of aromatic hydroxyl groups is 2. The molecule has 0 aliphatic heterocycles. The average Bonchev–Trinajstić information content (AvgIpc) is 1.99. The summed E-state index contributed by atoms with van der Waals surface area (Å²) in [6, 6.07) is 1.87. The summed E-state index contributed by atoms with van der Waals surface area (Å²) in [4.78, 5) is 10.1. The van der Waals surface area contributed by atoms with E-state index in [9.17, 15) is 9.18 Å². The van der Waals surface area contributed by atoms with Crippen molar-refractivity contribution in [3.63, 3.8) is 0 Å². The van der Waals surface area contributed by atoms with Crippen LogP contribution in [0.3, 0.4) is 0 Å². The minimum absolute atomic E-state index is 0.0291. The molecule has 0 amide bonds. The number of carbonyl (C=O) groups excluding carboxylic acids is 1. The molecule has 3 nitrogen and oxygen atoms in total. The van der Waals surface area contributed by atoms with Crippen LogP contribution in [0.2, 0.25) is 0 Å². The van der Waals surface area contributed by atoms with Crippen LogP contribution >= 0.6 is 0 Å². The van der Waals surface area contributed by atoms with E-state index in [1.165, 1.54) is 0 Å². The fourth-order valence-corrected chi connectivity index (χ4v) is 0.683.